The van der Waals surface area contributed by atoms with Crippen molar-refractivity contribution in [1.82, 2.24) is 4.90 Å². The topological polar surface area (TPSA) is 121 Å². The Labute approximate surface area is 93.9 Å². The molecule has 94 valence electrons. The van der Waals surface area contributed by atoms with Gasteiger partial charge in [-0.15, -0.1) is 0 Å². The lowest BCUT2D eigenvalue weighted by atomic mass is 10.1. The van der Waals surface area contributed by atoms with Gasteiger partial charge in [0.25, 0.3) is 0 Å². The second-order valence-electron chi connectivity index (χ2n) is 4.03. The van der Waals surface area contributed by atoms with Crippen molar-refractivity contribution < 1.29 is 23.4 Å². The summed E-state index contributed by atoms with van der Waals surface area (Å²) in [5.41, 5.74) is 0. The number of hydrogen-bond acceptors (Lipinski definition) is 5. The molecule has 1 amide bonds. The maximum Gasteiger partial charge on any atom is 0.223 e. The number of sulfonamides is 1. The minimum absolute atomic E-state index is 0.0243. The summed E-state index contributed by atoms with van der Waals surface area (Å²) >= 11 is 0. The van der Waals surface area contributed by atoms with Gasteiger partial charge in [-0.05, 0) is 0 Å². The monoisotopic (exact) mass is 252 g/mol. The Morgan fingerprint density at radius 3 is 2.69 bits per heavy atom. The summed E-state index contributed by atoms with van der Waals surface area (Å²) in [4.78, 5) is 12.8. The van der Waals surface area contributed by atoms with Crippen molar-refractivity contribution in [2.24, 2.45) is 11.1 Å². The third kappa shape index (κ3) is 4.05. The van der Waals surface area contributed by atoms with Crippen molar-refractivity contribution in [2.45, 2.75) is 12.5 Å². The normalized spacial score (nSPS) is 23.8. The third-order valence-corrected chi connectivity index (χ3v) is 3.34. The SMILES string of the molecule is NS(=O)(=O)CC1CC(=O)N(CC(O)CO)C1. The molecule has 7 nitrogen and oxygen atoms in total. The molecule has 0 spiro atoms. The first-order valence-electron chi connectivity index (χ1n) is 4.89. The average Bonchev–Trinajstić information content (AvgIpc) is 2.43. The van der Waals surface area contributed by atoms with E-state index in [4.69, 9.17) is 15.4 Å². The van der Waals surface area contributed by atoms with Gasteiger partial charge in [-0.1, -0.05) is 0 Å². The number of nitrogens with zero attached hydrogens (tertiary/aromatic N) is 1. The van der Waals surface area contributed by atoms with Crippen LogP contribution in [0.1, 0.15) is 6.42 Å². The van der Waals surface area contributed by atoms with Gasteiger partial charge in [0, 0.05) is 25.4 Å². The van der Waals surface area contributed by atoms with E-state index in [0.29, 0.717) is 0 Å². The molecular weight excluding hydrogens is 236 g/mol. The molecule has 1 fully saturated rings. The molecule has 4 N–H and O–H groups in total. The minimum atomic E-state index is -3.58. The quantitative estimate of drug-likeness (QED) is 0.498. The van der Waals surface area contributed by atoms with E-state index in [0.717, 1.165) is 0 Å². The van der Waals surface area contributed by atoms with Gasteiger partial charge in [-0.25, -0.2) is 13.6 Å². The summed E-state index contributed by atoms with van der Waals surface area (Å²) in [5, 5.41) is 22.7. The van der Waals surface area contributed by atoms with Crippen LogP contribution in [0, 0.1) is 5.92 Å². The molecule has 0 aromatic carbocycles. The number of aliphatic hydroxyl groups excluding tert-OH is 2. The maximum absolute atomic E-state index is 11.4. The first kappa shape index (κ1) is 13.4. The van der Waals surface area contributed by atoms with Crippen LogP contribution in [0.5, 0.6) is 0 Å². The van der Waals surface area contributed by atoms with Gasteiger partial charge in [-0.2, -0.15) is 0 Å². The number of carbonyl (C=O) groups is 1. The van der Waals surface area contributed by atoms with E-state index in [1.807, 2.05) is 0 Å². The lowest BCUT2D eigenvalue weighted by Gasteiger charge is -2.19. The number of carbonyl (C=O) groups excluding carboxylic acids is 1. The fourth-order valence-electron chi connectivity index (χ4n) is 1.78. The lowest BCUT2D eigenvalue weighted by Crippen LogP contribution is -2.35. The van der Waals surface area contributed by atoms with Gasteiger partial charge >= 0.3 is 0 Å². The molecule has 0 saturated carbocycles. The Balaban J connectivity index is 2.51. The van der Waals surface area contributed by atoms with Crippen molar-refractivity contribution in [2.75, 3.05) is 25.4 Å². The van der Waals surface area contributed by atoms with Crippen LogP contribution in [0.4, 0.5) is 0 Å². The summed E-state index contributed by atoms with van der Waals surface area (Å²) in [6, 6.07) is 0. The smallest absolute Gasteiger partial charge is 0.223 e. The van der Waals surface area contributed by atoms with Crippen LogP contribution in [0.3, 0.4) is 0 Å². The Morgan fingerprint density at radius 1 is 1.56 bits per heavy atom. The largest absolute Gasteiger partial charge is 0.394 e. The molecule has 2 unspecified atom stereocenters. The zero-order valence-corrected chi connectivity index (χ0v) is 9.56. The van der Waals surface area contributed by atoms with E-state index in [1.54, 1.807) is 0 Å². The van der Waals surface area contributed by atoms with Crippen molar-refractivity contribution in [3.8, 4) is 0 Å². The molecule has 2 atom stereocenters. The van der Waals surface area contributed by atoms with Gasteiger partial charge < -0.3 is 15.1 Å². The number of primary sulfonamides is 1. The molecule has 1 rings (SSSR count). The average molecular weight is 252 g/mol. The standard InChI is InChI=1S/C8H16N2O5S/c9-16(14,15)5-6-1-8(13)10(2-6)3-7(12)4-11/h6-7,11-12H,1-5H2,(H2,9,14,15). The molecule has 8 heteroatoms. The molecule has 1 aliphatic rings. The molecule has 1 saturated heterocycles. The van der Waals surface area contributed by atoms with Gasteiger partial charge in [0.05, 0.1) is 18.5 Å². The van der Waals surface area contributed by atoms with E-state index < -0.39 is 22.7 Å². The van der Waals surface area contributed by atoms with Crippen molar-refractivity contribution in [1.29, 1.82) is 0 Å². The summed E-state index contributed by atoms with van der Waals surface area (Å²) in [6.07, 6.45) is -0.869. The van der Waals surface area contributed by atoms with Crippen LogP contribution in [0.15, 0.2) is 0 Å². The molecule has 1 aliphatic heterocycles. The second kappa shape index (κ2) is 5.09. The lowest BCUT2D eigenvalue weighted by molar-refractivity contribution is -0.129. The fourth-order valence-corrected chi connectivity index (χ4v) is 2.66. The van der Waals surface area contributed by atoms with Gasteiger partial charge in [0.15, 0.2) is 0 Å². The fraction of sp³-hybridized carbons (Fsp3) is 0.875. The van der Waals surface area contributed by atoms with E-state index in [1.165, 1.54) is 4.90 Å². The van der Waals surface area contributed by atoms with Gasteiger partial charge in [-0.3, -0.25) is 4.79 Å². The van der Waals surface area contributed by atoms with E-state index >= 15 is 0 Å². The molecule has 16 heavy (non-hydrogen) atoms. The molecule has 0 bridgehead atoms. The Kier molecular flexibility index (Phi) is 4.25. The number of nitrogens with two attached hydrogens (primary N) is 1. The zero-order valence-electron chi connectivity index (χ0n) is 8.74. The third-order valence-electron chi connectivity index (χ3n) is 2.40. The highest BCUT2D eigenvalue weighted by Gasteiger charge is 2.32. The van der Waals surface area contributed by atoms with Crippen LogP contribution in [-0.4, -0.2) is 61.0 Å². The molecule has 0 radical (unpaired) electrons. The highest BCUT2D eigenvalue weighted by Crippen LogP contribution is 2.18. The van der Waals surface area contributed by atoms with Crippen LogP contribution in [0.25, 0.3) is 0 Å². The zero-order chi connectivity index (χ0) is 12.3. The number of aliphatic hydroxyl groups is 2. The molecule has 0 aliphatic carbocycles. The minimum Gasteiger partial charge on any atom is -0.394 e. The summed E-state index contributed by atoms with van der Waals surface area (Å²) < 4.78 is 21.7. The maximum atomic E-state index is 11.4. The van der Waals surface area contributed by atoms with Crippen LogP contribution >= 0.6 is 0 Å². The Hall–Kier alpha value is -0.700. The van der Waals surface area contributed by atoms with Crippen LogP contribution < -0.4 is 5.14 Å². The summed E-state index contributed by atoms with van der Waals surface area (Å²) in [5.74, 6) is -0.778. The molecule has 0 aromatic heterocycles. The van der Waals surface area contributed by atoms with Crippen molar-refractivity contribution in [3.63, 3.8) is 0 Å². The Bertz CT molecular complexity index is 355. The highest BCUT2D eigenvalue weighted by molar-refractivity contribution is 7.89. The number of rotatable bonds is 5. The van der Waals surface area contributed by atoms with Crippen LogP contribution in [-0.2, 0) is 14.8 Å². The first-order valence-corrected chi connectivity index (χ1v) is 6.60. The van der Waals surface area contributed by atoms with E-state index in [2.05, 4.69) is 0 Å². The Morgan fingerprint density at radius 2 is 2.19 bits per heavy atom. The van der Waals surface area contributed by atoms with Gasteiger partial charge in [0.1, 0.15) is 0 Å². The van der Waals surface area contributed by atoms with Gasteiger partial charge in [0.2, 0.25) is 15.9 Å². The highest BCUT2D eigenvalue weighted by atomic mass is 32.2. The number of likely N-dealkylation sites (tertiary alicyclic amines) is 1. The van der Waals surface area contributed by atoms with Crippen LogP contribution in [0.2, 0.25) is 0 Å². The number of β-amino-alcohol motifs (C(OH)–C–C–N with tert-alkyl or cyclic N) is 1. The first-order chi connectivity index (χ1) is 7.31. The van der Waals surface area contributed by atoms with Crippen molar-refractivity contribution in [3.05, 3.63) is 0 Å². The summed E-state index contributed by atoms with van der Waals surface area (Å²) in [6.45, 7) is -0.146. The van der Waals surface area contributed by atoms with E-state index in [9.17, 15) is 13.2 Å². The number of amides is 1. The summed E-state index contributed by atoms with van der Waals surface area (Å²) in [7, 11) is -3.58. The predicted octanol–water partition coefficient (Wildman–Crippen LogP) is -2.52. The second-order valence-corrected chi connectivity index (χ2v) is 5.69. The van der Waals surface area contributed by atoms with E-state index in [-0.39, 0.29) is 37.1 Å². The predicted molar refractivity (Wildman–Crippen MR) is 55.8 cm³/mol. The molecule has 1 heterocycles. The molecule has 0 aromatic rings. The number of hydrogen-bond donors (Lipinski definition) is 3. The molecular formula is C8H16N2O5S. The van der Waals surface area contributed by atoms with Crippen molar-refractivity contribution >= 4 is 15.9 Å².